The summed E-state index contributed by atoms with van der Waals surface area (Å²) in [6.45, 7) is 9.22. The summed E-state index contributed by atoms with van der Waals surface area (Å²) >= 11 is 1.64. The summed E-state index contributed by atoms with van der Waals surface area (Å²) in [5, 5.41) is 11.9. The fourth-order valence-corrected chi connectivity index (χ4v) is 4.52. The van der Waals surface area contributed by atoms with E-state index in [9.17, 15) is 14.9 Å². The number of hydrogen-bond donors (Lipinski definition) is 0. The molecule has 1 aliphatic heterocycles. The Bertz CT molecular complexity index is 865. The van der Waals surface area contributed by atoms with Gasteiger partial charge in [-0.3, -0.25) is 19.8 Å². The molecular formula is C21H27N3O4S. The molecule has 29 heavy (non-hydrogen) atoms. The van der Waals surface area contributed by atoms with Gasteiger partial charge in [-0.1, -0.05) is 0 Å². The molecule has 3 rings (SSSR count). The number of nitro groups is 1. The van der Waals surface area contributed by atoms with E-state index in [1.807, 2.05) is 33.9 Å². The molecule has 1 aromatic carbocycles. The molecule has 0 aliphatic carbocycles. The van der Waals surface area contributed by atoms with Crippen molar-refractivity contribution in [3.8, 4) is 10.4 Å². The molecule has 2 aromatic rings. The highest BCUT2D eigenvalue weighted by Crippen LogP contribution is 2.35. The summed E-state index contributed by atoms with van der Waals surface area (Å²) in [7, 11) is 0. The quantitative estimate of drug-likeness (QED) is 0.401. The molecule has 0 amide bonds. The number of carbonyl (C=O) groups is 1. The van der Waals surface area contributed by atoms with Crippen molar-refractivity contribution >= 4 is 23.0 Å². The number of non-ortho nitro benzene ring substituents is 1. The minimum atomic E-state index is -0.473. The second-order valence-corrected chi connectivity index (χ2v) is 9.45. The predicted octanol–water partition coefficient (Wildman–Crippen LogP) is 4.63. The maximum Gasteiger partial charge on any atom is 0.323 e. The lowest BCUT2D eigenvalue weighted by atomic mass is 9.96. The minimum Gasteiger partial charge on any atom is -0.459 e. The van der Waals surface area contributed by atoms with Crippen LogP contribution in [0.25, 0.3) is 10.4 Å². The fraction of sp³-hybridized carbons (Fsp3) is 0.524. The molecule has 0 bridgehead atoms. The number of piperidine rings is 1. The molecule has 2 heterocycles. The average molecular weight is 418 g/mol. The van der Waals surface area contributed by atoms with Gasteiger partial charge in [0.15, 0.2) is 0 Å². The van der Waals surface area contributed by atoms with Crippen LogP contribution in [-0.2, 0) is 9.53 Å². The van der Waals surface area contributed by atoms with E-state index in [-0.39, 0.29) is 17.7 Å². The number of likely N-dealkylation sites (tertiary alicyclic amines) is 1. The topological polar surface area (TPSA) is 85.6 Å². The zero-order valence-electron chi connectivity index (χ0n) is 17.3. The van der Waals surface area contributed by atoms with E-state index < -0.39 is 10.5 Å². The summed E-state index contributed by atoms with van der Waals surface area (Å²) in [6.07, 6.45) is 3.73. The van der Waals surface area contributed by atoms with Gasteiger partial charge in [0.05, 0.1) is 14.8 Å². The molecule has 7 nitrogen and oxygen atoms in total. The summed E-state index contributed by atoms with van der Waals surface area (Å²) < 4.78 is 5.51. The normalized spacial score (nSPS) is 17.1. The lowest BCUT2D eigenvalue weighted by molar-refractivity contribution is -0.384. The lowest BCUT2D eigenvalue weighted by Gasteiger charge is -2.35. The van der Waals surface area contributed by atoms with Gasteiger partial charge < -0.3 is 4.74 Å². The number of carbonyl (C=O) groups excluding carboxylic acids is 1. The molecule has 0 saturated carbocycles. The van der Waals surface area contributed by atoms with Gasteiger partial charge in [0.1, 0.15) is 11.6 Å². The molecular weight excluding hydrogens is 390 g/mol. The van der Waals surface area contributed by atoms with E-state index in [0.29, 0.717) is 5.92 Å². The highest BCUT2D eigenvalue weighted by molar-refractivity contribution is 7.15. The van der Waals surface area contributed by atoms with E-state index in [1.54, 1.807) is 23.5 Å². The van der Waals surface area contributed by atoms with E-state index in [4.69, 9.17) is 4.74 Å². The Balaban J connectivity index is 1.59. The van der Waals surface area contributed by atoms with Crippen molar-refractivity contribution in [3.63, 3.8) is 0 Å². The molecule has 1 fully saturated rings. The number of nitrogens with zero attached hydrogens (tertiary/aromatic N) is 3. The predicted molar refractivity (Wildman–Crippen MR) is 113 cm³/mol. The van der Waals surface area contributed by atoms with Crippen molar-refractivity contribution in [2.75, 3.05) is 13.1 Å². The maximum atomic E-state index is 12.3. The zero-order valence-corrected chi connectivity index (χ0v) is 18.1. The van der Waals surface area contributed by atoms with Gasteiger partial charge in [0.25, 0.3) is 5.69 Å². The van der Waals surface area contributed by atoms with Crippen LogP contribution >= 0.6 is 11.3 Å². The summed E-state index contributed by atoms with van der Waals surface area (Å²) in [6, 6.07) is 6.32. The molecule has 1 aliphatic rings. The Kier molecular flexibility index (Phi) is 6.33. The average Bonchev–Trinajstić information content (AvgIpc) is 3.16. The van der Waals surface area contributed by atoms with Crippen LogP contribution in [0.5, 0.6) is 0 Å². The van der Waals surface area contributed by atoms with Gasteiger partial charge >= 0.3 is 5.97 Å². The molecule has 0 radical (unpaired) electrons. The standard InChI is InChI=1S/C21H27N3O4S/c1-14(20(25)28-21(2,3)4)23-11-9-16(10-12-23)19-22-13-18(29-19)15-5-7-17(8-6-15)24(26)27/h5-8,13-14,16H,9-12H2,1-4H3. The molecule has 0 N–H and O–H groups in total. The van der Waals surface area contributed by atoms with Crippen molar-refractivity contribution < 1.29 is 14.5 Å². The zero-order chi connectivity index (χ0) is 21.2. The van der Waals surface area contributed by atoms with Gasteiger partial charge in [-0.15, -0.1) is 11.3 Å². The van der Waals surface area contributed by atoms with E-state index in [2.05, 4.69) is 9.88 Å². The second kappa shape index (κ2) is 8.59. The SMILES string of the molecule is CC(C(=O)OC(C)(C)C)N1CCC(c2ncc(-c3ccc([N+](=O)[O-])cc3)s2)CC1. The Morgan fingerprint density at radius 1 is 1.28 bits per heavy atom. The third kappa shape index (κ3) is 5.39. The molecule has 1 atom stereocenters. The smallest absolute Gasteiger partial charge is 0.323 e. The minimum absolute atomic E-state index is 0.0879. The van der Waals surface area contributed by atoms with Gasteiger partial charge in [-0.25, -0.2) is 4.98 Å². The van der Waals surface area contributed by atoms with Crippen molar-refractivity contribution in [3.05, 3.63) is 45.6 Å². The summed E-state index contributed by atoms with van der Waals surface area (Å²) in [5.74, 6) is 0.194. The fourth-order valence-electron chi connectivity index (χ4n) is 3.43. The van der Waals surface area contributed by atoms with E-state index >= 15 is 0 Å². The number of rotatable bonds is 5. The monoisotopic (exact) mass is 417 g/mol. The van der Waals surface area contributed by atoms with Crippen LogP contribution in [0.3, 0.4) is 0 Å². The molecule has 0 spiro atoms. The third-order valence-electron chi connectivity index (χ3n) is 5.06. The van der Waals surface area contributed by atoms with E-state index in [1.165, 1.54) is 12.1 Å². The highest BCUT2D eigenvalue weighted by atomic mass is 32.1. The van der Waals surface area contributed by atoms with Crippen molar-refractivity contribution in [2.45, 2.75) is 58.1 Å². The first-order chi connectivity index (χ1) is 13.6. The van der Waals surface area contributed by atoms with Gasteiger partial charge in [0, 0.05) is 24.2 Å². The first-order valence-electron chi connectivity index (χ1n) is 9.81. The number of esters is 1. The van der Waals surface area contributed by atoms with Gasteiger partial charge in [-0.2, -0.15) is 0 Å². The number of hydrogen-bond acceptors (Lipinski definition) is 7. The largest absolute Gasteiger partial charge is 0.459 e. The summed E-state index contributed by atoms with van der Waals surface area (Å²) in [4.78, 5) is 30.5. The Hall–Kier alpha value is -2.32. The molecule has 1 saturated heterocycles. The maximum absolute atomic E-state index is 12.3. The number of thiazole rings is 1. The molecule has 8 heteroatoms. The Morgan fingerprint density at radius 2 is 1.90 bits per heavy atom. The van der Waals surface area contributed by atoms with Crippen molar-refractivity contribution in [1.29, 1.82) is 0 Å². The summed E-state index contributed by atoms with van der Waals surface area (Å²) in [5.41, 5.74) is 0.555. The van der Waals surface area contributed by atoms with Crippen LogP contribution < -0.4 is 0 Å². The molecule has 156 valence electrons. The van der Waals surface area contributed by atoms with Crippen molar-refractivity contribution in [2.24, 2.45) is 0 Å². The second-order valence-electron chi connectivity index (χ2n) is 8.39. The van der Waals surface area contributed by atoms with Crippen molar-refractivity contribution in [1.82, 2.24) is 9.88 Å². The first kappa shape index (κ1) is 21.4. The van der Waals surface area contributed by atoms with Crippen LogP contribution in [0.4, 0.5) is 5.69 Å². The lowest BCUT2D eigenvalue weighted by Crippen LogP contribution is -2.45. The number of benzene rings is 1. The first-order valence-corrected chi connectivity index (χ1v) is 10.6. The number of ether oxygens (including phenoxy) is 1. The van der Waals surface area contributed by atoms with E-state index in [0.717, 1.165) is 41.4 Å². The highest BCUT2D eigenvalue weighted by Gasteiger charge is 2.31. The van der Waals surface area contributed by atoms with Gasteiger partial charge in [0.2, 0.25) is 0 Å². The van der Waals surface area contributed by atoms with Gasteiger partial charge in [-0.05, 0) is 71.3 Å². The Morgan fingerprint density at radius 3 is 2.45 bits per heavy atom. The number of aromatic nitrogens is 1. The Labute approximate surface area is 174 Å². The molecule has 1 aromatic heterocycles. The molecule has 1 unspecified atom stereocenters. The van der Waals surface area contributed by atoms with Crippen LogP contribution in [0.2, 0.25) is 0 Å². The van der Waals surface area contributed by atoms with Crippen LogP contribution in [0.1, 0.15) is 51.5 Å². The van der Waals surface area contributed by atoms with Crippen LogP contribution in [0.15, 0.2) is 30.5 Å². The van der Waals surface area contributed by atoms with Crippen LogP contribution in [-0.4, -0.2) is 45.5 Å². The third-order valence-corrected chi connectivity index (χ3v) is 6.27. The van der Waals surface area contributed by atoms with Crippen LogP contribution in [0, 0.1) is 10.1 Å². The number of nitro benzene ring substituents is 1.